The van der Waals surface area contributed by atoms with Crippen molar-refractivity contribution in [1.29, 1.82) is 0 Å². The average Bonchev–Trinajstić information content (AvgIpc) is 3.07. The van der Waals surface area contributed by atoms with Crippen LogP contribution in [0.15, 0.2) is 65.5 Å². The molecule has 0 radical (unpaired) electrons. The molecule has 0 amide bonds. The number of rotatable bonds is 6. The summed E-state index contributed by atoms with van der Waals surface area (Å²) in [7, 11) is 3.24. The number of nitrogens with zero attached hydrogens (tertiary/aromatic N) is 2. The molecule has 0 aliphatic carbocycles. The number of nitrogens with one attached hydrogen (secondary N) is 1. The molecule has 1 N–H and O–H groups in total. The Morgan fingerprint density at radius 2 is 1.79 bits per heavy atom. The zero-order chi connectivity index (χ0) is 19.5. The molecule has 2 aromatic carbocycles. The Morgan fingerprint density at radius 1 is 1.04 bits per heavy atom. The van der Waals surface area contributed by atoms with E-state index >= 15 is 0 Å². The summed E-state index contributed by atoms with van der Waals surface area (Å²) in [5, 5.41) is 4.63. The highest BCUT2D eigenvalue weighted by atomic mass is 16.5. The highest BCUT2D eigenvalue weighted by Gasteiger charge is 2.18. The van der Waals surface area contributed by atoms with E-state index in [0.717, 1.165) is 28.1 Å². The number of benzene rings is 2. The van der Waals surface area contributed by atoms with E-state index in [0.29, 0.717) is 24.4 Å². The van der Waals surface area contributed by atoms with Crippen molar-refractivity contribution in [2.24, 2.45) is 0 Å². The molecule has 0 unspecified atom stereocenters. The Balaban J connectivity index is 1.93. The van der Waals surface area contributed by atoms with Gasteiger partial charge in [0.05, 0.1) is 19.4 Å². The van der Waals surface area contributed by atoms with Gasteiger partial charge in [0.25, 0.3) is 5.56 Å². The topological polar surface area (TPSA) is 68.6 Å². The maximum Gasteiger partial charge on any atom is 0.274 e. The first-order chi connectivity index (χ1) is 13.7. The summed E-state index contributed by atoms with van der Waals surface area (Å²) in [6, 6.07) is 19.4. The van der Waals surface area contributed by atoms with E-state index < -0.39 is 0 Å². The number of fused-ring (bicyclic) bond motifs is 1. The second kappa shape index (κ2) is 7.70. The van der Waals surface area contributed by atoms with Gasteiger partial charge in [0.2, 0.25) is 0 Å². The van der Waals surface area contributed by atoms with Gasteiger partial charge >= 0.3 is 0 Å². The SMILES string of the molecule is COCc1cc(=O)n2nc(Cc3ccccc3)c(-c3ccc(OC)cc3)c2[nH]1. The minimum Gasteiger partial charge on any atom is -0.497 e. The summed E-state index contributed by atoms with van der Waals surface area (Å²) in [5.41, 5.74) is 5.02. The van der Waals surface area contributed by atoms with E-state index in [2.05, 4.69) is 22.2 Å². The van der Waals surface area contributed by atoms with Crippen LogP contribution in [-0.4, -0.2) is 28.8 Å². The molecule has 0 atom stereocenters. The first-order valence-electron chi connectivity index (χ1n) is 9.00. The van der Waals surface area contributed by atoms with Crippen molar-refractivity contribution in [2.75, 3.05) is 14.2 Å². The van der Waals surface area contributed by atoms with Gasteiger partial charge < -0.3 is 14.5 Å². The number of hydrogen-bond acceptors (Lipinski definition) is 4. The van der Waals surface area contributed by atoms with Crippen LogP contribution in [0.25, 0.3) is 16.8 Å². The summed E-state index contributed by atoms with van der Waals surface area (Å²) in [5.74, 6) is 0.776. The molecular weight excluding hydrogens is 354 g/mol. The Kier molecular flexibility index (Phi) is 4.95. The number of H-pyrrole nitrogens is 1. The van der Waals surface area contributed by atoms with Crippen LogP contribution < -0.4 is 10.3 Å². The molecule has 2 aromatic heterocycles. The van der Waals surface area contributed by atoms with Crippen LogP contribution in [0.1, 0.15) is 17.0 Å². The molecule has 0 saturated heterocycles. The van der Waals surface area contributed by atoms with Gasteiger partial charge in [-0.2, -0.15) is 9.61 Å². The van der Waals surface area contributed by atoms with E-state index in [-0.39, 0.29) is 5.56 Å². The number of hydrogen-bond donors (Lipinski definition) is 1. The predicted octanol–water partition coefficient (Wildman–Crippen LogP) is 3.44. The summed E-state index contributed by atoms with van der Waals surface area (Å²) >= 11 is 0. The first kappa shape index (κ1) is 18.0. The fourth-order valence-corrected chi connectivity index (χ4v) is 3.34. The Morgan fingerprint density at radius 3 is 2.46 bits per heavy atom. The van der Waals surface area contributed by atoms with E-state index in [9.17, 15) is 4.79 Å². The molecule has 0 fully saturated rings. The lowest BCUT2D eigenvalue weighted by molar-refractivity contribution is 0.181. The van der Waals surface area contributed by atoms with Crippen molar-refractivity contribution in [3.05, 3.63) is 88.0 Å². The second-order valence-corrected chi connectivity index (χ2v) is 6.54. The van der Waals surface area contributed by atoms with Crippen molar-refractivity contribution < 1.29 is 9.47 Å². The standard InChI is InChI=1S/C22H21N3O3/c1-27-14-17-13-20(26)25-22(23-17)21(16-8-10-18(28-2)11-9-16)19(24-25)12-15-6-4-3-5-7-15/h3-11,13,23H,12,14H2,1-2H3. The van der Waals surface area contributed by atoms with Gasteiger partial charge in [-0.05, 0) is 23.3 Å². The largest absolute Gasteiger partial charge is 0.497 e. The normalized spacial score (nSPS) is 11.1. The molecule has 6 heteroatoms. The summed E-state index contributed by atoms with van der Waals surface area (Å²) in [6.45, 7) is 0.326. The molecule has 0 aliphatic heterocycles. The minimum absolute atomic E-state index is 0.185. The molecule has 2 heterocycles. The van der Waals surface area contributed by atoms with Crippen LogP contribution in [0.2, 0.25) is 0 Å². The zero-order valence-corrected chi connectivity index (χ0v) is 15.8. The van der Waals surface area contributed by atoms with Gasteiger partial charge in [-0.3, -0.25) is 4.79 Å². The van der Waals surface area contributed by atoms with Gasteiger partial charge in [0, 0.05) is 30.9 Å². The van der Waals surface area contributed by atoms with Crippen molar-refractivity contribution in [3.8, 4) is 16.9 Å². The lowest BCUT2D eigenvalue weighted by atomic mass is 10.0. The highest BCUT2D eigenvalue weighted by molar-refractivity contribution is 5.80. The molecular formula is C22H21N3O3. The van der Waals surface area contributed by atoms with E-state index in [1.165, 1.54) is 10.6 Å². The van der Waals surface area contributed by atoms with Gasteiger partial charge in [0.1, 0.15) is 11.4 Å². The smallest absolute Gasteiger partial charge is 0.274 e. The third-order valence-electron chi connectivity index (χ3n) is 4.64. The highest BCUT2D eigenvalue weighted by Crippen LogP contribution is 2.30. The van der Waals surface area contributed by atoms with Gasteiger partial charge in [0.15, 0.2) is 0 Å². The molecule has 0 aliphatic rings. The molecule has 0 bridgehead atoms. The quantitative estimate of drug-likeness (QED) is 0.561. The van der Waals surface area contributed by atoms with E-state index in [4.69, 9.17) is 9.47 Å². The van der Waals surface area contributed by atoms with Crippen LogP contribution in [0, 0.1) is 0 Å². The minimum atomic E-state index is -0.185. The zero-order valence-electron chi connectivity index (χ0n) is 15.8. The van der Waals surface area contributed by atoms with Crippen LogP contribution in [-0.2, 0) is 17.8 Å². The summed E-state index contributed by atoms with van der Waals surface area (Å²) < 4.78 is 11.9. The lowest BCUT2D eigenvalue weighted by Crippen LogP contribution is -2.16. The molecule has 0 saturated carbocycles. The van der Waals surface area contributed by atoms with Gasteiger partial charge in [-0.15, -0.1) is 0 Å². The van der Waals surface area contributed by atoms with Crippen molar-refractivity contribution in [3.63, 3.8) is 0 Å². The second-order valence-electron chi connectivity index (χ2n) is 6.54. The van der Waals surface area contributed by atoms with Crippen LogP contribution in [0.5, 0.6) is 5.75 Å². The molecule has 0 spiro atoms. The fourth-order valence-electron chi connectivity index (χ4n) is 3.34. The van der Waals surface area contributed by atoms with Crippen molar-refractivity contribution in [2.45, 2.75) is 13.0 Å². The first-order valence-corrected chi connectivity index (χ1v) is 9.00. The van der Waals surface area contributed by atoms with Crippen LogP contribution in [0.3, 0.4) is 0 Å². The summed E-state index contributed by atoms with van der Waals surface area (Å²) in [4.78, 5) is 15.9. The third-order valence-corrected chi connectivity index (χ3v) is 4.64. The maximum absolute atomic E-state index is 12.6. The molecule has 4 aromatic rings. The van der Waals surface area contributed by atoms with Crippen molar-refractivity contribution >= 4 is 5.65 Å². The Hall–Kier alpha value is -3.38. The lowest BCUT2D eigenvalue weighted by Gasteiger charge is -2.07. The molecule has 142 valence electrons. The summed E-state index contributed by atoms with van der Waals surface area (Å²) in [6.07, 6.45) is 0.622. The van der Waals surface area contributed by atoms with E-state index in [1.807, 2.05) is 42.5 Å². The average molecular weight is 375 g/mol. The number of ether oxygens (including phenoxy) is 2. The predicted molar refractivity (Wildman–Crippen MR) is 108 cm³/mol. The van der Waals surface area contributed by atoms with Gasteiger partial charge in [-0.1, -0.05) is 42.5 Å². The molecule has 6 nitrogen and oxygen atoms in total. The maximum atomic E-state index is 12.6. The van der Waals surface area contributed by atoms with Gasteiger partial charge in [-0.25, -0.2) is 0 Å². The third kappa shape index (κ3) is 3.42. The fraction of sp³-hybridized carbons (Fsp3) is 0.182. The monoisotopic (exact) mass is 375 g/mol. The number of methoxy groups -OCH3 is 2. The van der Waals surface area contributed by atoms with Crippen LogP contribution in [0.4, 0.5) is 0 Å². The number of aromatic nitrogens is 3. The number of aromatic amines is 1. The van der Waals surface area contributed by atoms with Crippen molar-refractivity contribution in [1.82, 2.24) is 14.6 Å². The van der Waals surface area contributed by atoms with Crippen LogP contribution >= 0.6 is 0 Å². The Labute approximate surface area is 162 Å². The molecule has 28 heavy (non-hydrogen) atoms. The molecule has 4 rings (SSSR count). The Bertz CT molecular complexity index is 1150. The van der Waals surface area contributed by atoms with E-state index in [1.54, 1.807) is 14.2 Å².